The number of nitrogens with two attached hydrogens (primary N) is 1. The average molecular weight is 466 g/mol. The second-order valence-electron chi connectivity index (χ2n) is 10.3. The van der Waals surface area contributed by atoms with Crippen molar-refractivity contribution in [2.24, 2.45) is 28.9 Å². The monoisotopic (exact) mass is 465 g/mol. The number of carbonyl (C=O) groups is 2. The molecular weight excluding hydrogens is 433 g/mol. The van der Waals surface area contributed by atoms with Crippen LogP contribution >= 0.6 is 0 Å². The predicted molar refractivity (Wildman–Crippen MR) is 117 cm³/mol. The number of primary amides is 1. The normalized spacial score (nSPS) is 31.7. The fourth-order valence-electron chi connectivity index (χ4n) is 6.64. The van der Waals surface area contributed by atoms with Crippen molar-refractivity contribution in [2.45, 2.75) is 69.4 Å². The third kappa shape index (κ3) is 3.53. The number of rotatable bonds is 7. The van der Waals surface area contributed by atoms with Gasteiger partial charge in [0, 0.05) is 18.0 Å². The van der Waals surface area contributed by atoms with E-state index in [2.05, 4.69) is 5.32 Å². The minimum atomic E-state index is -4.23. The molecule has 2 unspecified atom stereocenters. The molecule has 0 saturated heterocycles. The van der Waals surface area contributed by atoms with Gasteiger partial charge in [-0.1, -0.05) is 19.1 Å². The molecule has 0 radical (unpaired) electrons. The number of halogens is 1. The third-order valence-corrected chi connectivity index (χ3v) is 10.1. The number of hydrogen-bond donors (Lipinski definition) is 2. The lowest BCUT2D eigenvalue weighted by molar-refractivity contribution is -0.148. The third-order valence-electron chi connectivity index (χ3n) is 7.96. The van der Waals surface area contributed by atoms with Gasteiger partial charge in [0.15, 0.2) is 0 Å². The summed E-state index contributed by atoms with van der Waals surface area (Å²) in [5.41, 5.74) is 3.86. The Morgan fingerprint density at radius 1 is 1.19 bits per heavy atom. The molecule has 4 saturated carbocycles. The summed E-state index contributed by atoms with van der Waals surface area (Å²) in [6.45, 7) is 4.74. The van der Waals surface area contributed by atoms with E-state index in [0.29, 0.717) is 18.8 Å². The van der Waals surface area contributed by atoms with Gasteiger partial charge in [-0.3, -0.25) is 9.59 Å². The number of carbonyl (C=O) groups excluding carboxylic acids is 2. The van der Waals surface area contributed by atoms with E-state index in [1.54, 1.807) is 20.8 Å². The molecule has 1 aromatic carbocycles. The van der Waals surface area contributed by atoms with Crippen LogP contribution in [0.15, 0.2) is 29.2 Å². The quantitative estimate of drug-likeness (QED) is 0.644. The maximum atomic E-state index is 14.3. The molecule has 4 fully saturated rings. The van der Waals surface area contributed by atoms with Gasteiger partial charge in [-0.15, -0.1) is 0 Å². The molecule has 2 atom stereocenters. The van der Waals surface area contributed by atoms with E-state index >= 15 is 0 Å². The van der Waals surface area contributed by atoms with Crippen LogP contribution in [0, 0.1) is 29.0 Å². The van der Waals surface area contributed by atoms with Crippen LogP contribution in [0.2, 0.25) is 0 Å². The van der Waals surface area contributed by atoms with Gasteiger partial charge in [-0.2, -0.15) is 4.31 Å². The van der Waals surface area contributed by atoms with Crippen molar-refractivity contribution in [3.05, 3.63) is 30.1 Å². The average Bonchev–Trinajstić information content (AvgIpc) is 2.70. The van der Waals surface area contributed by atoms with E-state index in [1.165, 1.54) is 18.2 Å². The zero-order valence-electron chi connectivity index (χ0n) is 18.8. The van der Waals surface area contributed by atoms with Crippen molar-refractivity contribution in [3.63, 3.8) is 0 Å². The maximum absolute atomic E-state index is 14.3. The lowest BCUT2D eigenvalue weighted by Gasteiger charge is -2.59. The van der Waals surface area contributed by atoms with E-state index in [0.717, 1.165) is 29.6 Å². The molecule has 1 aromatic rings. The van der Waals surface area contributed by atoms with Crippen LogP contribution in [0.1, 0.15) is 52.9 Å². The zero-order valence-corrected chi connectivity index (χ0v) is 19.6. The summed E-state index contributed by atoms with van der Waals surface area (Å²) in [7, 11) is -4.23. The molecule has 0 spiro atoms. The van der Waals surface area contributed by atoms with Crippen LogP contribution in [0.3, 0.4) is 0 Å². The molecule has 4 aliphatic carbocycles. The highest BCUT2D eigenvalue weighted by Crippen LogP contribution is 2.60. The SMILES string of the molecule is CCN(C(C)(C)C(=O)NC1C2CC3CC1CC(C(N)=O)(C3)C2)S(=O)(=O)c1ccccc1F. The van der Waals surface area contributed by atoms with Gasteiger partial charge in [-0.05, 0) is 75.8 Å². The summed E-state index contributed by atoms with van der Waals surface area (Å²) in [4.78, 5) is 25.2. The van der Waals surface area contributed by atoms with Crippen LogP contribution in [0.4, 0.5) is 4.39 Å². The first-order valence-corrected chi connectivity index (χ1v) is 12.7. The number of nitrogens with zero attached hydrogens (tertiary/aromatic N) is 1. The Bertz CT molecular complexity index is 1030. The Balaban J connectivity index is 1.56. The van der Waals surface area contributed by atoms with Crippen LogP contribution in [-0.2, 0) is 19.6 Å². The number of nitrogens with one attached hydrogen (secondary N) is 1. The van der Waals surface area contributed by atoms with E-state index in [9.17, 15) is 22.4 Å². The fraction of sp³-hybridized carbons (Fsp3) is 0.652. The second-order valence-corrected chi connectivity index (χ2v) is 12.1. The lowest BCUT2D eigenvalue weighted by Crippen LogP contribution is -2.65. The molecule has 4 bridgehead atoms. The molecule has 0 aromatic heterocycles. The van der Waals surface area contributed by atoms with Gasteiger partial charge < -0.3 is 11.1 Å². The van der Waals surface area contributed by atoms with Gasteiger partial charge in [0.2, 0.25) is 21.8 Å². The van der Waals surface area contributed by atoms with Crippen molar-refractivity contribution in [2.75, 3.05) is 6.54 Å². The molecule has 7 nitrogen and oxygen atoms in total. The minimum absolute atomic E-state index is 0.0153. The van der Waals surface area contributed by atoms with Crippen molar-refractivity contribution >= 4 is 21.8 Å². The molecule has 3 N–H and O–H groups in total. The smallest absolute Gasteiger partial charge is 0.246 e. The number of benzene rings is 1. The predicted octanol–water partition coefficient (Wildman–Crippen LogP) is 2.41. The number of likely N-dealkylation sites (N-methyl/N-ethyl adjacent to an activating group) is 1. The largest absolute Gasteiger partial charge is 0.369 e. The second kappa shape index (κ2) is 7.80. The van der Waals surface area contributed by atoms with Gasteiger partial charge >= 0.3 is 0 Å². The van der Waals surface area contributed by atoms with E-state index < -0.39 is 37.6 Å². The molecule has 2 amide bonds. The highest BCUT2D eigenvalue weighted by atomic mass is 32.2. The molecule has 32 heavy (non-hydrogen) atoms. The minimum Gasteiger partial charge on any atom is -0.369 e. The van der Waals surface area contributed by atoms with Crippen molar-refractivity contribution in [1.29, 1.82) is 0 Å². The highest BCUT2D eigenvalue weighted by Gasteiger charge is 2.58. The first-order valence-electron chi connectivity index (χ1n) is 11.3. The molecular formula is C23H32FN3O4S. The van der Waals surface area contributed by atoms with Crippen LogP contribution in [-0.4, -0.2) is 42.7 Å². The highest BCUT2D eigenvalue weighted by molar-refractivity contribution is 7.89. The van der Waals surface area contributed by atoms with Crippen LogP contribution in [0.25, 0.3) is 0 Å². The Kier molecular flexibility index (Phi) is 5.65. The molecule has 0 aliphatic heterocycles. The molecule has 5 rings (SSSR count). The van der Waals surface area contributed by atoms with Gasteiger partial charge in [0.05, 0.1) is 0 Å². The topological polar surface area (TPSA) is 110 Å². The van der Waals surface area contributed by atoms with Crippen LogP contribution < -0.4 is 11.1 Å². The Morgan fingerprint density at radius 3 is 2.31 bits per heavy atom. The standard InChI is InChI=1S/C23H32FN3O4S/c1-4-27(32(30,31)18-8-6-5-7-17(18)24)22(2,3)21(29)26-19-15-9-14-10-16(19)13-23(11-14,12-15)20(25)28/h5-8,14-16,19H,4,9-13H2,1-3H3,(H2,25,28)(H,26,29). The Labute approximate surface area is 189 Å². The Morgan fingerprint density at radius 2 is 1.78 bits per heavy atom. The summed E-state index contributed by atoms with van der Waals surface area (Å²) < 4.78 is 41.8. The summed E-state index contributed by atoms with van der Waals surface area (Å²) >= 11 is 0. The van der Waals surface area contributed by atoms with E-state index in [-0.39, 0.29) is 30.3 Å². The first kappa shape index (κ1) is 23.2. The number of sulfonamides is 1. The Hall–Kier alpha value is -2.00. The van der Waals surface area contributed by atoms with Crippen molar-refractivity contribution in [3.8, 4) is 0 Å². The summed E-state index contributed by atoms with van der Waals surface area (Å²) in [5, 5.41) is 3.12. The molecule has 0 heterocycles. The molecule has 176 valence electrons. The van der Waals surface area contributed by atoms with Crippen LogP contribution in [0.5, 0.6) is 0 Å². The van der Waals surface area contributed by atoms with E-state index in [1.807, 2.05) is 0 Å². The van der Waals surface area contributed by atoms with Crippen molar-refractivity contribution < 1.29 is 22.4 Å². The zero-order chi connectivity index (χ0) is 23.5. The molecule has 4 aliphatic rings. The van der Waals surface area contributed by atoms with Gasteiger partial charge in [0.25, 0.3) is 0 Å². The fourth-order valence-corrected chi connectivity index (χ4v) is 8.47. The van der Waals surface area contributed by atoms with Crippen molar-refractivity contribution in [1.82, 2.24) is 9.62 Å². The number of amides is 2. The van der Waals surface area contributed by atoms with E-state index in [4.69, 9.17) is 5.73 Å². The summed E-state index contributed by atoms with van der Waals surface area (Å²) in [6.07, 6.45) is 4.08. The molecule has 9 heteroatoms. The van der Waals surface area contributed by atoms with Gasteiger partial charge in [-0.25, -0.2) is 12.8 Å². The summed E-state index contributed by atoms with van der Waals surface area (Å²) in [5.74, 6) is -0.729. The number of hydrogen-bond acceptors (Lipinski definition) is 4. The first-order chi connectivity index (χ1) is 14.9. The summed E-state index contributed by atoms with van der Waals surface area (Å²) in [6, 6.07) is 5.08. The maximum Gasteiger partial charge on any atom is 0.246 e. The van der Waals surface area contributed by atoms with Gasteiger partial charge in [0.1, 0.15) is 16.3 Å². The lowest BCUT2D eigenvalue weighted by atomic mass is 9.47.